The van der Waals surface area contributed by atoms with Crippen LogP contribution in [0.4, 0.5) is 0 Å². The van der Waals surface area contributed by atoms with Crippen molar-refractivity contribution in [1.29, 1.82) is 0 Å². The third kappa shape index (κ3) is 2.62. The lowest BCUT2D eigenvalue weighted by atomic mass is 9.97. The van der Waals surface area contributed by atoms with Gasteiger partial charge in [-0.15, -0.1) is 0 Å². The Bertz CT molecular complexity index is 313. The summed E-state index contributed by atoms with van der Waals surface area (Å²) in [4.78, 5) is 6.90. The number of nitrogens with two attached hydrogens (primary N) is 1. The van der Waals surface area contributed by atoms with Gasteiger partial charge in [0.1, 0.15) is 5.82 Å². The van der Waals surface area contributed by atoms with Crippen LogP contribution >= 0.6 is 0 Å². The Labute approximate surface area is 97.4 Å². The molecule has 2 N–H and O–H groups in total. The molecule has 1 fully saturated rings. The Morgan fingerprint density at radius 2 is 2.19 bits per heavy atom. The molecule has 16 heavy (non-hydrogen) atoms. The van der Waals surface area contributed by atoms with Crippen molar-refractivity contribution >= 4 is 0 Å². The van der Waals surface area contributed by atoms with Gasteiger partial charge in [0.05, 0.1) is 6.54 Å². The summed E-state index contributed by atoms with van der Waals surface area (Å²) in [5, 5.41) is 0. The summed E-state index contributed by atoms with van der Waals surface area (Å²) in [7, 11) is 0. The van der Waals surface area contributed by atoms with Gasteiger partial charge in [-0.2, -0.15) is 0 Å². The fourth-order valence-electron chi connectivity index (χ4n) is 2.36. The van der Waals surface area contributed by atoms with Gasteiger partial charge in [-0.25, -0.2) is 4.98 Å². The highest BCUT2D eigenvalue weighted by Gasteiger charge is 2.18. The summed E-state index contributed by atoms with van der Waals surface area (Å²) < 4.78 is 2.22. The van der Waals surface area contributed by atoms with Crippen LogP contribution in [0.5, 0.6) is 0 Å². The first kappa shape index (κ1) is 11.6. The van der Waals surface area contributed by atoms with E-state index in [2.05, 4.69) is 27.6 Å². The number of imidazole rings is 1. The molecule has 1 aliphatic heterocycles. The fraction of sp³-hybridized carbons (Fsp3) is 0.750. The number of aromatic nitrogens is 2. The van der Waals surface area contributed by atoms with Crippen LogP contribution < -0.4 is 5.73 Å². The Balaban J connectivity index is 1.87. The largest absolute Gasteiger partial charge is 0.334 e. The normalized spacial score (nSPS) is 19.1. The summed E-state index contributed by atoms with van der Waals surface area (Å²) in [5.41, 5.74) is 5.70. The van der Waals surface area contributed by atoms with Crippen LogP contribution in [0.2, 0.25) is 0 Å². The first-order valence-corrected chi connectivity index (χ1v) is 6.26. The van der Waals surface area contributed by atoms with E-state index in [9.17, 15) is 0 Å². The number of rotatable bonds is 4. The van der Waals surface area contributed by atoms with E-state index in [1.165, 1.54) is 31.8 Å². The minimum Gasteiger partial charge on any atom is -0.334 e. The van der Waals surface area contributed by atoms with Gasteiger partial charge in [0.25, 0.3) is 0 Å². The van der Waals surface area contributed by atoms with Crippen molar-refractivity contribution in [2.75, 3.05) is 19.6 Å². The van der Waals surface area contributed by atoms with E-state index < -0.39 is 0 Å². The first-order valence-electron chi connectivity index (χ1n) is 6.26. The van der Waals surface area contributed by atoms with E-state index in [1.54, 1.807) is 0 Å². The molecule has 0 unspecified atom stereocenters. The fourth-order valence-corrected chi connectivity index (χ4v) is 2.36. The summed E-state index contributed by atoms with van der Waals surface area (Å²) in [6.45, 7) is 7.33. The number of nitrogens with zero attached hydrogens (tertiary/aromatic N) is 3. The molecule has 0 radical (unpaired) electrons. The van der Waals surface area contributed by atoms with Gasteiger partial charge in [0.2, 0.25) is 0 Å². The van der Waals surface area contributed by atoms with Gasteiger partial charge in [0.15, 0.2) is 0 Å². The van der Waals surface area contributed by atoms with E-state index in [0.29, 0.717) is 0 Å². The van der Waals surface area contributed by atoms with E-state index in [4.69, 9.17) is 5.73 Å². The van der Waals surface area contributed by atoms with Crippen molar-refractivity contribution < 1.29 is 0 Å². The zero-order valence-electron chi connectivity index (χ0n) is 10.1. The van der Waals surface area contributed by atoms with Crippen molar-refractivity contribution in [1.82, 2.24) is 14.5 Å². The lowest BCUT2D eigenvalue weighted by molar-refractivity contribution is 0.175. The maximum atomic E-state index is 5.70. The quantitative estimate of drug-likeness (QED) is 0.829. The van der Waals surface area contributed by atoms with Crippen LogP contribution in [-0.4, -0.2) is 34.1 Å². The summed E-state index contributed by atoms with van der Waals surface area (Å²) in [5.74, 6) is 1.93. The highest BCUT2D eigenvalue weighted by Crippen LogP contribution is 2.17. The zero-order valence-corrected chi connectivity index (χ0v) is 10.1. The Morgan fingerprint density at radius 1 is 1.44 bits per heavy atom. The monoisotopic (exact) mass is 222 g/mol. The minimum absolute atomic E-state index is 0.738. The highest BCUT2D eigenvalue weighted by molar-refractivity contribution is 4.92. The molecule has 0 aromatic carbocycles. The Kier molecular flexibility index (Phi) is 3.96. The SMILES string of the molecule is CCn1ccnc1CN1CCC(CN)CC1. The topological polar surface area (TPSA) is 47.1 Å². The predicted octanol–water partition coefficient (Wildman–Crippen LogP) is 1.07. The molecule has 0 amide bonds. The van der Waals surface area contributed by atoms with Crippen molar-refractivity contribution in [3.05, 3.63) is 18.2 Å². The van der Waals surface area contributed by atoms with Crippen LogP contribution in [0.15, 0.2) is 12.4 Å². The molecule has 1 aromatic rings. The van der Waals surface area contributed by atoms with Crippen molar-refractivity contribution in [3.8, 4) is 0 Å². The lowest BCUT2D eigenvalue weighted by Crippen LogP contribution is -2.36. The average Bonchev–Trinajstić information content (AvgIpc) is 2.77. The third-order valence-corrected chi connectivity index (χ3v) is 3.55. The molecule has 0 bridgehead atoms. The number of piperidine rings is 1. The summed E-state index contributed by atoms with van der Waals surface area (Å²) in [6, 6.07) is 0. The second-order valence-electron chi connectivity index (χ2n) is 4.58. The van der Waals surface area contributed by atoms with Gasteiger partial charge in [0, 0.05) is 18.9 Å². The van der Waals surface area contributed by atoms with Crippen molar-refractivity contribution in [3.63, 3.8) is 0 Å². The summed E-state index contributed by atoms with van der Waals surface area (Å²) in [6.07, 6.45) is 6.43. The van der Waals surface area contributed by atoms with Crippen LogP contribution in [0.3, 0.4) is 0 Å². The third-order valence-electron chi connectivity index (χ3n) is 3.55. The zero-order chi connectivity index (χ0) is 11.4. The van der Waals surface area contributed by atoms with Crippen LogP contribution in [0.25, 0.3) is 0 Å². The molecule has 1 aliphatic rings. The van der Waals surface area contributed by atoms with Gasteiger partial charge in [-0.3, -0.25) is 4.90 Å². The van der Waals surface area contributed by atoms with Gasteiger partial charge < -0.3 is 10.3 Å². The molecule has 4 nitrogen and oxygen atoms in total. The smallest absolute Gasteiger partial charge is 0.122 e. The van der Waals surface area contributed by atoms with Crippen molar-refractivity contribution in [2.45, 2.75) is 32.9 Å². The maximum Gasteiger partial charge on any atom is 0.122 e. The number of likely N-dealkylation sites (tertiary alicyclic amines) is 1. The van der Waals surface area contributed by atoms with Gasteiger partial charge >= 0.3 is 0 Å². The van der Waals surface area contributed by atoms with Crippen LogP contribution in [0, 0.1) is 5.92 Å². The highest BCUT2D eigenvalue weighted by atomic mass is 15.2. The molecule has 0 atom stereocenters. The van der Waals surface area contributed by atoms with Crippen molar-refractivity contribution in [2.24, 2.45) is 11.7 Å². The summed E-state index contributed by atoms with van der Waals surface area (Å²) >= 11 is 0. The first-order chi connectivity index (χ1) is 7.83. The number of aryl methyl sites for hydroxylation is 1. The Hall–Kier alpha value is -0.870. The van der Waals surface area contributed by atoms with Gasteiger partial charge in [-0.1, -0.05) is 0 Å². The molecule has 1 aromatic heterocycles. The molecule has 4 heteroatoms. The molecule has 0 aliphatic carbocycles. The van der Waals surface area contributed by atoms with E-state index in [1.807, 2.05) is 6.20 Å². The second-order valence-corrected chi connectivity index (χ2v) is 4.58. The van der Waals surface area contributed by atoms with E-state index in [-0.39, 0.29) is 0 Å². The molecule has 1 saturated heterocycles. The molecule has 2 rings (SSSR count). The molecule has 90 valence electrons. The molecule has 0 spiro atoms. The molecule has 2 heterocycles. The number of hydrogen-bond donors (Lipinski definition) is 1. The average molecular weight is 222 g/mol. The second kappa shape index (κ2) is 5.46. The molecular weight excluding hydrogens is 200 g/mol. The van der Waals surface area contributed by atoms with E-state index >= 15 is 0 Å². The molecular formula is C12H22N4. The Morgan fingerprint density at radius 3 is 2.81 bits per heavy atom. The standard InChI is InChI=1S/C12H22N4/c1-2-16-8-5-14-12(16)10-15-6-3-11(9-13)4-7-15/h5,8,11H,2-4,6-7,9-10,13H2,1H3. The minimum atomic E-state index is 0.738. The van der Waals surface area contributed by atoms with Crippen LogP contribution in [0.1, 0.15) is 25.6 Å². The van der Waals surface area contributed by atoms with Gasteiger partial charge in [-0.05, 0) is 45.3 Å². The maximum absolute atomic E-state index is 5.70. The predicted molar refractivity (Wildman–Crippen MR) is 65.0 cm³/mol. The van der Waals surface area contributed by atoms with Crippen LogP contribution in [-0.2, 0) is 13.1 Å². The number of hydrogen-bond acceptors (Lipinski definition) is 3. The molecule has 0 saturated carbocycles. The van der Waals surface area contributed by atoms with E-state index in [0.717, 1.165) is 25.6 Å². The lowest BCUT2D eigenvalue weighted by Gasteiger charge is -2.31.